The Kier molecular flexibility index (Phi) is 2.91. The topological polar surface area (TPSA) is 50.9 Å². The molecular weight excluding hydrogens is 242 g/mol. The van der Waals surface area contributed by atoms with Crippen LogP contribution in [0, 0.1) is 5.92 Å². The van der Waals surface area contributed by atoms with Crippen LogP contribution in [0.4, 0.5) is 11.4 Å². The molecule has 1 saturated carbocycles. The molecule has 0 aromatic carbocycles. The minimum atomic E-state index is 0.704. The minimum absolute atomic E-state index is 0.704. The predicted molar refractivity (Wildman–Crippen MR) is 62.2 cm³/mol. The van der Waals surface area contributed by atoms with Crippen molar-refractivity contribution in [3.63, 3.8) is 0 Å². The van der Waals surface area contributed by atoms with E-state index in [1.165, 1.54) is 19.3 Å². The molecule has 3 N–H and O–H groups in total. The molecule has 14 heavy (non-hydrogen) atoms. The van der Waals surface area contributed by atoms with E-state index in [2.05, 4.69) is 26.2 Å². The molecule has 2 rings (SSSR count). The van der Waals surface area contributed by atoms with E-state index in [0.717, 1.165) is 22.6 Å². The summed E-state index contributed by atoms with van der Waals surface area (Å²) in [7, 11) is 0. The van der Waals surface area contributed by atoms with Crippen LogP contribution in [0.1, 0.15) is 19.3 Å². The second kappa shape index (κ2) is 4.17. The van der Waals surface area contributed by atoms with Crippen LogP contribution in [-0.4, -0.2) is 11.5 Å². The lowest BCUT2D eigenvalue weighted by molar-refractivity contribution is 0.760. The molecule has 76 valence electrons. The Morgan fingerprint density at radius 2 is 2.29 bits per heavy atom. The van der Waals surface area contributed by atoms with Gasteiger partial charge in [0.1, 0.15) is 0 Å². The highest BCUT2D eigenvalue weighted by atomic mass is 79.9. The maximum absolute atomic E-state index is 5.80. The van der Waals surface area contributed by atoms with Gasteiger partial charge in [0, 0.05) is 12.7 Å². The average Bonchev–Trinajstić information content (AvgIpc) is 2.94. The van der Waals surface area contributed by atoms with E-state index in [-0.39, 0.29) is 0 Å². The van der Waals surface area contributed by atoms with Crippen LogP contribution in [0.2, 0.25) is 0 Å². The van der Waals surface area contributed by atoms with E-state index in [4.69, 9.17) is 5.73 Å². The van der Waals surface area contributed by atoms with E-state index < -0.39 is 0 Å². The molecule has 1 aliphatic rings. The summed E-state index contributed by atoms with van der Waals surface area (Å²) in [5.74, 6) is 0.948. The maximum Gasteiger partial charge on any atom is 0.0750 e. The van der Waals surface area contributed by atoms with Gasteiger partial charge in [0.2, 0.25) is 0 Å². The first-order valence-corrected chi connectivity index (χ1v) is 5.69. The molecule has 0 aliphatic heterocycles. The number of hydrogen-bond acceptors (Lipinski definition) is 3. The molecule has 0 spiro atoms. The Hall–Kier alpha value is -0.770. The smallest absolute Gasteiger partial charge is 0.0750 e. The third-order valence-corrected chi connectivity index (χ3v) is 3.08. The average molecular weight is 256 g/mol. The lowest BCUT2D eigenvalue weighted by Gasteiger charge is -2.10. The predicted octanol–water partition coefficient (Wildman–Crippen LogP) is 2.64. The molecule has 0 bridgehead atoms. The molecule has 0 radical (unpaired) electrons. The van der Waals surface area contributed by atoms with Crippen molar-refractivity contribution < 1.29 is 0 Å². The normalized spacial score (nSPS) is 15.5. The zero-order valence-corrected chi connectivity index (χ0v) is 9.55. The van der Waals surface area contributed by atoms with Gasteiger partial charge in [-0.05, 0) is 28.3 Å². The van der Waals surface area contributed by atoms with Crippen LogP contribution in [0.3, 0.4) is 0 Å². The van der Waals surface area contributed by atoms with Gasteiger partial charge in [0.05, 0.1) is 22.0 Å². The summed E-state index contributed by atoms with van der Waals surface area (Å²) in [5, 5.41) is 3.34. The monoisotopic (exact) mass is 255 g/mol. The highest BCUT2D eigenvalue weighted by Crippen LogP contribution is 2.33. The molecule has 1 heterocycles. The van der Waals surface area contributed by atoms with E-state index in [1.54, 1.807) is 12.4 Å². The number of anilines is 2. The minimum Gasteiger partial charge on any atom is -0.396 e. The Morgan fingerprint density at radius 3 is 2.93 bits per heavy atom. The van der Waals surface area contributed by atoms with Gasteiger partial charge in [0.15, 0.2) is 0 Å². The highest BCUT2D eigenvalue weighted by Gasteiger charge is 2.20. The summed E-state index contributed by atoms with van der Waals surface area (Å²) in [4.78, 5) is 3.99. The fourth-order valence-corrected chi connectivity index (χ4v) is 1.93. The van der Waals surface area contributed by atoms with E-state index >= 15 is 0 Å². The summed E-state index contributed by atoms with van der Waals surface area (Å²) in [5.41, 5.74) is 7.48. The lowest BCUT2D eigenvalue weighted by atomic mass is 10.3. The summed E-state index contributed by atoms with van der Waals surface area (Å²) in [6, 6.07) is 0. The number of nitrogen functional groups attached to an aromatic ring is 1. The van der Waals surface area contributed by atoms with E-state index in [9.17, 15) is 0 Å². The van der Waals surface area contributed by atoms with Crippen LogP contribution in [-0.2, 0) is 0 Å². The third kappa shape index (κ3) is 2.38. The Labute approximate surface area is 92.2 Å². The Bertz CT molecular complexity index is 303. The van der Waals surface area contributed by atoms with Crippen LogP contribution < -0.4 is 11.1 Å². The highest BCUT2D eigenvalue weighted by molar-refractivity contribution is 9.10. The molecule has 0 unspecified atom stereocenters. The van der Waals surface area contributed by atoms with Gasteiger partial charge >= 0.3 is 0 Å². The molecular formula is C10H14BrN3. The van der Waals surface area contributed by atoms with Gasteiger partial charge in [-0.25, -0.2) is 0 Å². The Morgan fingerprint density at radius 1 is 1.50 bits per heavy atom. The first kappa shape index (κ1) is 9.77. The molecule has 3 nitrogen and oxygen atoms in total. The summed E-state index contributed by atoms with van der Waals surface area (Å²) < 4.78 is 0.938. The van der Waals surface area contributed by atoms with Crippen molar-refractivity contribution in [3.8, 4) is 0 Å². The number of nitrogens with one attached hydrogen (secondary N) is 1. The summed E-state index contributed by atoms with van der Waals surface area (Å²) in [6.07, 6.45) is 7.47. The maximum atomic E-state index is 5.80. The van der Waals surface area contributed by atoms with Crippen LogP contribution in [0.15, 0.2) is 16.9 Å². The molecule has 0 amide bonds. The number of halogens is 1. The van der Waals surface area contributed by atoms with Crippen molar-refractivity contribution in [2.24, 2.45) is 5.92 Å². The van der Waals surface area contributed by atoms with Gasteiger partial charge < -0.3 is 11.1 Å². The number of rotatable bonds is 4. The third-order valence-electron chi connectivity index (χ3n) is 2.48. The number of pyridine rings is 1. The Balaban J connectivity index is 1.92. The van der Waals surface area contributed by atoms with Gasteiger partial charge in [-0.15, -0.1) is 0 Å². The summed E-state index contributed by atoms with van der Waals surface area (Å²) in [6.45, 7) is 0.997. The zero-order valence-electron chi connectivity index (χ0n) is 7.96. The number of nitrogens with two attached hydrogens (primary N) is 1. The largest absolute Gasteiger partial charge is 0.396 e. The van der Waals surface area contributed by atoms with Gasteiger partial charge in [-0.3, -0.25) is 4.98 Å². The van der Waals surface area contributed by atoms with Crippen molar-refractivity contribution in [1.29, 1.82) is 0 Å². The number of aromatic nitrogens is 1. The van der Waals surface area contributed by atoms with Gasteiger partial charge in [-0.2, -0.15) is 0 Å². The lowest BCUT2D eigenvalue weighted by Crippen LogP contribution is -2.05. The second-order valence-corrected chi connectivity index (χ2v) is 4.60. The SMILES string of the molecule is Nc1cncc(Br)c1NCCC1CC1. The molecule has 1 fully saturated rings. The van der Waals surface area contributed by atoms with Crippen LogP contribution in [0.5, 0.6) is 0 Å². The zero-order chi connectivity index (χ0) is 9.97. The number of nitrogens with zero attached hydrogens (tertiary/aromatic N) is 1. The van der Waals surface area contributed by atoms with Crippen molar-refractivity contribution in [3.05, 3.63) is 16.9 Å². The molecule has 0 saturated heterocycles. The molecule has 1 aliphatic carbocycles. The standard InChI is InChI=1S/C10H14BrN3/c11-8-5-13-6-9(12)10(8)14-4-3-7-1-2-7/h5-7H,1-4,12H2,(H,13,14). The fraction of sp³-hybridized carbons (Fsp3) is 0.500. The molecule has 4 heteroatoms. The molecule has 0 atom stereocenters. The second-order valence-electron chi connectivity index (χ2n) is 3.74. The summed E-state index contributed by atoms with van der Waals surface area (Å²) >= 11 is 3.42. The van der Waals surface area contributed by atoms with E-state index in [0.29, 0.717) is 5.69 Å². The van der Waals surface area contributed by atoms with Crippen LogP contribution >= 0.6 is 15.9 Å². The fourth-order valence-electron chi connectivity index (χ4n) is 1.44. The number of hydrogen-bond donors (Lipinski definition) is 2. The van der Waals surface area contributed by atoms with Crippen molar-refractivity contribution in [2.45, 2.75) is 19.3 Å². The van der Waals surface area contributed by atoms with E-state index in [1.807, 2.05) is 0 Å². The quantitative estimate of drug-likeness (QED) is 0.870. The van der Waals surface area contributed by atoms with Crippen molar-refractivity contribution in [1.82, 2.24) is 4.98 Å². The van der Waals surface area contributed by atoms with Crippen LogP contribution in [0.25, 0.3) is 0 Å². The van der Waals surface area contributed by atoms with Crippen molar-refractivity contribution >= 4 is 27.3 Å². The first-order chi connectivity index (χ1) is 6.77. The molecule has 1 aromatic heterocycles. The van der Waals surface area contributed by atoms with Crippen molar-refractivity contribution in [2.75, 3.05) is 17.6 Å². The van der Waals surface area contributed by atoms with Gasteiger partial charge in [-0.1, -0.05) is 12.8 Å². The van der Waals surface area contributed by atoms with Gasteiger partial charge in [0.25, 0.3) is 0 Å². The first-order valence-electron chi connectivity index (χ1n) is 4.90. The molecule has 1 aromatic rings.